The predicted molar refractivity (Wildman–Crippen MR) is 64.1 cm³/mol. The molecule has 0 aliphatic heterocycles. The van der Waals surface area contributed by atoms with Crippen molar-refractivity contribution in [3.05, 3.63) is 34.9 Å². The Labute approximate surface area is 96.5 Å². The van der Waals surface area contributed by atoms with Crippen LogP contribution >= 0.6 is 11.6 Å². The molecule has 0 aliphatic rings. The molecule has 2 atom stereocenters. The monoisotopic (exact) mass is 227 g/mol. The maximum absolute atomic E-state index is 9.24. The maximum atomic E-state index is 9.24. The van der Waals surface area contributed by atoms with Crippen molar-refractivity contribution >= 4 is 11.6 Å². The van der Waals surface area contributed by atoms with Crippen molar-refractivity contribution in [3.8, 4) is 0 Å². The number of nitrogens with zero attached hydrogens (tertiary/aromatic N) is 1. The van der Waals surface area contributed by atoms with Gasteiger partial charge in [-0.25, -0.2) is 0 Å². The van der Waals surface area contributed by atoms with Crippen LogP contribution in [-0.2, 0) is 0 Å². The highest BCUT2D eigenvalue weighted by molar-refractivity contribution is 6.31. The first-order valence-electron chi connectivity index (χ1n) is 5.09. The van der Waals surface area contributed by atoms with E-state index in [1.807, 2.05) is 45.3 Å². The number of hydrogen-bond donors (Lipinski definition) is 1. The molecule has 0 saturated heterocycles. The Hall–Kier alpha value is -0.570. The predicted octanol–water partition coefficient (Wildman–Crippen LogP) is 2.57. The van der Waals surface area contributed by atoms with Crippen LogP contribution in [0.4, 0.5) is 0 Å². The minimum absolute atomic E-state index is 0.156. The van der Waals surface area contributed by atoms with Crippen LogP contribution in [0.1, 0.15) is 18.5 Å². The van der Waals surface area contributed by atoms with Crippen LogP contribution < -0.4 is 0 Å². The third-order valence-electron chi connectivity index (χ3n) is 2.61. The van der Waals surface area contributed by atoms with Crippen molar-refractivity contribution in [3.63, 3.8) is 0 Å². The molecule has 0 fully saturated rings. The molecule has 0 amide bonds. The molecule has 84 valence electrons. The molecule has 0 spiro atoms. The van der Waals surface area contributed by atoms with E-state index in [-0.39, 0.29) is 18.6 Å². The minimum atomic E-state index is 0.156. The minimum Gasteiger partial charge on any atom is -0.396 e. The Morgan fingerprint density at radius 1 is 1.33 bits per heavy atom. The standard InChI is InChI=1S/C12H18ClNO/c1-9(8-15)12(14(2)3)10-6-4-5-7-11(10)13/h4-7,9,12,15H,8H2,1-3H3. The largest absolute Gasteiger partial charge is 0.396 e. The number of halogens is 1. The quantitative estimate of drug-likeness (QED) is 0.855. The van der Waals surface area contributed by atoms with Crippen LogP contribution in [0.15, 0.2) is 24.3 Å². The van der Waals surface area contributed by atoms with Gasteiger partial charge < -0.3 is 10.0 Å². The van der Waals surface area contributed by atoms with E-state index in [1.54, 1.807) is 0 Å². The lowest BCUT2D eigenvalue weighted by Crippen LogP contribution is -2.28. The summed E-state index contributed by atoms with van der Waals surface area (Å²) in [5.41, 5.74) is 1.07. The van der Waals surface area contributed by atoms with E-state index in [0.29, 0.717) is 0 Å². The molecule has 1 N–H and O–H groups in total. The lowest BCUT2D eigenvalue weighted by Gasteiger charge is -2.30. The van der Waals surface area contributed by atoms with Gasteiger partial charge in [-0.2, -0.15) is 0 Å². The maximum Gasteiger partial charge on any atom is 0.0474 e. The van der Waals surface area contributed by atoms with Gasteiger partial charge in [-0.05, 0) is 31.6 Å². The SMILES string of the molecule is CC(CO)C(c1ccccc1Cl)N(C)C. The molecule has 0 saturated carbocycles. The zero-order chi connectivity index (χ0) is 11.4. The van der Waals surface area contributed by atoms with Gasteiger partial charge in [0.25, 0.3) is 0 Å². The summed E-state index contributed by atoms with van der Waals surface area (Å²) in [6.45, 7) is 2.18. The second-order valence-electron chi connectivity index (χ2n) is 4.09. The molecule has 1 aromatic rings. The van der Waals surface area contributed by atoms with Crippen LogP contribution in [0.2, 0.25) is 5.02 Å². The highest BCUT2D eigenvalue weighted by Crippen LogP contribution is 2.31. The van der Waals surface area contributed by atoms with Crippen molar-refractivity contribution in [1.82, 2.24) is 4.90 Å². The first kappa shape index (κ1) is 12.5. The summed E-state index contributed by atoms with van der Waals surface area (Å²) in [6, 6.07) is 7.95. The van der Waals surface area contributed by atoms with Gasteiger partial charge in [0.1, 0.15) is 0 Å². The van der Waals surface area contributed by atoms with Crippen LogP contribution in [-0.4, -0.2) is 30.7 Å². The number of aliphatic hydroxyl groups excluding tert-OH is 1. The van der Waals surface area contributed by atoms with Crippen molar-refractivity contribution in [2.75, 3.05) is 20.7 Å². The first-order chi connectivity index (χ1) is 7.07. The van der Waals surface area contributed by atoms with Crippen molar-refractivity contribution in [1.29, 1.82) is 0 Å². The molecule has 0 aromatic heterocycles. The van der Waals surface area contributed by atoms with Crippen LogP contribution in [0, 0.1) is 5.92 Å². The lowest BCUT2D eigenvalue weighted by atomic mass is 9.94. The number of benzene rings is 1. The van der Waals surface area contributed by atoms with Gasteiger partial charge in [-0.15, -0.1) is 0 Å². The fraction of sp³-hybridized carbons (Fsp3) is 0.500. The van der Waals surface area contributed by atoms with E-state index < -0.39 is 0 Å². The second kappa shape index (κ2) is 5.50. The fourth-order valence-corrected chi connectivity index (χ4v) is 2.16. The van der Waals surface area contributed by atoms with E-state index in [1.165, 1.54) is 0 Å². The molecule has 0 heterocycles. The summed E-state index contributed by atoms with van der Waals surface area (Å²) in [5, 5.41) is 10.00. The van der Waals surface area contributed by atoms with Crippen LogP contribution in [0.25, 0.3) is 0 Å². The zero-order valence-electron chi connectivity index (χ0n) is 9.44. The van der Waals surface area contributed by atoms with E-state index >= 15 is 0 Å². The van der Waals surface area contributed by atoms with E-state index in [2.05, 4.69) is 4.90 Å². The molecule has 2 unspecified atom stereocenters. The molecule has 3 heteroatoms. The summed E-state index contributed by atoms with van der Waals surface area (Å²) in [4.78, 5) is 2.09. The van der Waals surface area contributed by atoms with Gasteiger partial charge in [-0.1, -0.05) is 36.7 Å². The smallest absolute Gasteiger partial charge is 0.0474 e. The van der Waals surface area contributed by atoms with E-state index in [4.69, 9.17) is 11.6 Å². The van der Waals surface area contributed by atoms with Gasteiger partial charge in [0, 0.05) is 17.7 Å². The summed E-state index contributed by atoms with van der Waals surface area (Å²) in [5.74, 6) is 0.167. The van der Waals surface area contributed by atoms with Crippen LogP contribution in [0.5, 0.6) is 0 Å². The molecule has 1 rings (SSSR count). The van der Waals surface area contributed by atoms with Crippen LogP contribution in [0.3, 0.4) is 0 Å². The Kier molecular flexibility index (Phi) is 4.58. The molecule has 2 nitrogen and oxygen atoms in total. The second-order valence-corrected chi connectivity index (χ2v) is 4.50. The van der Waals surface area contributed by atoms with Crippen molar-refractivity contribution in [2.24, 2.45) is 5.92 Å². The normalized spacial score (nSPS) is 15.3. The third-order valence-corrected chi connectivity index (χ3v) is 2.95. The number of rotatable bonds is 4. The summed E-state index contributed by atoms with van der Waals surface area (Å²) < 4.78 is 0. The average Bonchev–Trinajstić information content (AvgIpc) is 2.20. The third kappa shape index (κ3) is 2.94. The molecule has 0 radical (unpaired) electrons. The first-order valence-corrected chi connectivity index (χ1v) is 5.47. The Morgan fingerprint density at radius 2 is 1.93 bits per heavy atom. The van der Waals surface area contributed by atoms with Gasteiger partial charge in [0.2, 0.25) is 0 Å². The molecular weight excluding hydrogens is 210 g/mol. The number of hydrogen-bond acceptors (Lipinski definition) is 2. The molecular formula is C12H18ClNO. The highest BCUT2D eigenvalue weighted by atomic mass is 35.5. The molecule has 0 bridgehead atoms. The van der Waals surface area contributed by atoms with E-state index in [9.17, 15) is 5.11 Å². The topological polar surface area (TPSA) is 23.5 Å². The van der Waals surface area contributed by atoms with Gasteiger partial charge >= 0.3 is 0 Å². The average molecular weight is 228 g/mol. The molecule has 1 aromatic carbocycles. The number of aliphatic hydroxyl groups is 1. The van der Waals surface area contributed by atoms with Gasteiger partial charge in [0.05, 0.1) is 0 Å². The Morgan fingerprint density at radius 3 is 2.40 bits per heavy atom. The summed E-state index contributed by atoms with van der Waals surface area (Å²) in [7, 11) is 4.00. The highest BCUT2D eigenvalue weighted by Gasteiger charge is 2.22. The zero-order valence-corrected chi connectivity index (χ0v) is 10.2. The Bertz CT molecular complexity index is 314. The van der Waals surface area contributed by atoms with Crippen molar-refractivity contribution in [2.45, 2.75) is 13.0 Å². The van der Waals surface area contributed by atoms with Gasteiger partial charge in [-0.3, -0.25) is 0 Å². The van der Waals surface area contributed by atoms with E-state index in [0.717, 1.165) is 10.6 Å². The fourth-order valence-electron chi connectivity index (χ4n) is 1.91. The molecule has 15 heavy (non-hydrogen) atoms. The van der Waals surface area contributed by atoms with Crippen molar-refractivity contribution < 1.29 is 5.11 Å². The Balaban J connectivity index is 3.04. The van der Waals surface area contributed by atoms with Gasteiger partial charge in [0.15, 0.2) is 0 Å². The molecule has 0 aliphatic carbocycles. The summed E-state index contributed by atoms with van der Waals surface area (Å²) in [6.07, 6.45) is 0. The lowest BCUT2D eigenvalue weighted by molar-refractivity contribution is 0.146. The summed E-state index contributed by atoms with van der Waals surface area (Å²) >= 11 is 6.16.